The van der Waals surface area contributed by atoms with Crippen LogP contribution in [0.1, 0.15) is 31.3 Å². The van der Waals surface area contributed by atoms with Crippen molar-refractivity contribution in [1.82, 2.24) is 19.3 Å². The molecule has 0 aliphatic heterocycles. The Morgan fingerprint density at radius 2 is 2.18 bits per heavy atom. The van der Waals surface area contributed by atoms with E-state index >= 15 is 0 Å². The van der Waals surface area contributed by atoms with Gasteiger partial charge in [0.15, 0.2) is 0 Å². The minimum absolute atomic E-state index is 0.430. The van der Waals surface area contributed by atoms with E-state index in [1.54, 1.807) is 0 Å². The van der Waals surface area contributed by atoms with Gasteiger partial charge in [-0.2, -0.15) is 5.10 Å². The van der Waals surface area contributed by atoms with Crippen LogP contribution in [-0.2, 0) is 13.6 Å². The topological polar surface area (TPSA) is 47.7 Å². The van der Waals surface area contributed by atoms with Gasteiger partial charge in [0.25, 0.3) is 0 Å². The molecule has 0 unspecified atom stereocenters. The summed E-state index contributed by atoms with van der Waals surface area (Å²) in [7, 11) is 1.94. The van der Waals surface area contributed by atoms with E-state index in [2.05, 4.69) is 33.8 Å². The second-order valence-corrected chi connectivity index (χ2v) is 4.53. The summed E-state index contributed by atoms with van der Waals surface area (Å²) in [6.45, 7) is 7.08. The van der Waals surface area contributed by atoms with Gasteiger partial charge in [-0.3, -0.25) is 4.68 Å². The highest BCUT2D eigenvalue weighted by atomic mass is 15.3. The van der Waals surface area contributed by atoms with Crippen molar-refractivity contribution in [3.8, 4) is 0 Å². The Morgan fingerprint density at radius 3 is 2.76 bits per heavy atom. The summed E-state index contributed by atoms with van der Waals surface area (Å²) < 4.78 is 4.02. The molecule has 1 N–H and O–H groups in total. The van der Waals surface area contributed by atoms with E-state index in [9.17, 15) is 0 Å². The lowest BCUT2D eigenvalue weighted by Gasteiger charge is -2.11. The van der Waals surface area contributed by atoms with Crippen molar-refractivity contribution in [3.63, 3.8) is 0 Å². The zero-order valence-electron chi connectivity index (χ0n) is 10.8. The summed E-state index contributed by atoms with van der Waals surface area (Å²) in [4.78, 5) is 4.18. The Morgan fingerprint density at radius 1 is 1.41 bits per heavy atom. The molecule has 0 spiro atoms. The van der Waals surface area contributed by atoms with Gasteiger partial charge in [0, 0.05) is 31.0 Å². The molecule has 2 heterocycles. The van der Waals surface area contributed by atoms with Crippen LogP contribution in [0.25, 0.3) is 0 Å². The number of imidazole rings is 1. The minimum Gasteiger partial charge on any atom is -0.363 e. The highest BCUT2D eigenvalue weighted by Gasteiger charge is 2.06. The summed E-state index contributed by atoms with van der Waals surface area (Å²) in [6.07, 6.45) is 3.76. The van der Waals surface area contributed by atoms with Crippen LogP contribution in [0, 0.1) is 6.92 Å². The smallest absolute Gasteiger partial charge is 0.148 e. The zero-order chi connectivity index (χ0) is 12.4. The molecule has 0 saturated carbocycles. The second kappa shape index (κ2) is 4.61. The summed E-state index contributed by atoms with van der Waals surface area (Å²) in [6, 6.07) is 2.47. The van der Waals surface area contributed by atoms with Crippen molar-refractivity contribution in [1.29, 1.82) is 0 Å². The molecule has 17 heavy (non-hydrogen) atoms. The number of aryl methyl sites for hydroxylation is 2. The van der Waals surface area contributed by atoms with Crippen LogP contribution in [0.3, 0.4) is 0 Å². The Labute approximate surface area is 101 Å². The molecule has 0 aliphatic carbocycles. The molecular weight excluding hydrogens is 214 g/mol. The Kier molecular flexibility index (Phi) is 3.17. The van der Waals surface area contributed by atoms with E-state index in [0.29, 0.717) is 6.04 Å². The van der Waals surface area contributed by atoms with Gasteiger partial charge in [0.2, 0.25) is 0 Å². The number of nitrogens with zero attached hydrogens (tertiary/aromatic N) is 4. The van der Waals surface area contributed by atoms with Gasteiger partial charge in [-0.1, -0.05) is 0 Å². The van der Waals surface area contributed by atoms with E-state index < -0.39 is 0 Å². The molecule has 0 saturated heterocycles. The van der Waals surface area contributed by atoms with Gasteiger partial charge >= 0.3 is 0 Å². The monoisotopic (exact) mass is 233 g/mol. The summed E-state index contributed by atoms with van der Waals surface area (Å²) in [5.74, 6) is 0.904. The Bertz CT molecular complexity index is 475. The standard InChI is InChI=1S/C12H19N5/c1-9(2)17-8-13-6-11(17)7-14-12-5-10(3)16(4)15-12/h5-6,8-9H,7H2,1-4H3,(H,14,15). The van der Waals surface area contributed by atoms with Crippen molar-refractivity contribution in [2.45, 2.75) is 33.4 Å². The molecular formula is C12H19N5. The Hall–Kier alpha value is -1.78. The third kappa shape index (κ3) is 2.49. The molecule has 92 valence electrons. The summed E-state index contributed by atoms with van der Waals surface area (Å²) in [5.41, 5.74) is 2.31. The first-order chi connectivity index (χ1) is 8.08. The highest BCUT2D eigenvalue weighted by Crippen LogP contribution is 2.12. The number of hydrogen-bond donors (Lipinski definition) is 1. The predicted octanol–water partition coefficient (Wildman–Crippen LogP) is 2.12. The maximum absolute atomic E-state index is 4.36. The average Bonchev–Trinajstić information content (AvgIpc) is 2.83. The number of rotatable bonds is 4. The number of hydrogen-bond acceptors (Lipinski definition) is 3. The van der Waals surface area contributed by atoms with Crippen molar-refractivity contribution in [2.24, 2.45) is 7.05 Å². The number of anilines is 1. The molecule has 0 amide bonds. The van der Waals surface area contributed by atoms with E-state index in [1.807, 2.05) is 37.2 Å². The van der Waals surface area contributed by atoms with E-state index in [-0.39, 0.29) is 0 Å². The fourth-order valence-electron chi connectivity index (χ4n) is 1.76. The molecule has 2 aromatic heterocycles. The van der Waals surface area contributed by atoms with Gasteiger partial charge < -0.3 is 9.88 Å². The molecule has 5 nitrogen and oxygen atoms in total. The SMILES string of the molecule is Cc1cc(NCc2cncn2C(C)C)nn1C. The minimum atomic E-state index is 0.430. The molecule has 0 radical (unpaired) electrons. The third-order valence-corrected chi connectivity index (χ3v) is 2.87. The van der Waals surface area contributed by atoms with Crippen molar-refractivity contribution < 1.29 is 0 Å². The predicted molar refractivity (Wildman–Crippen MR) is 67.9 cm³/mol. The number of nitrogens with one attached hydrogen (secondary N) is 1. The van der Waals surface area contributed by atoms with E-state index in [1.165, 1.54) is 5.69 Å². The molecule has 0 aromatic carbocycles. The molecule has 5 heteroatoms. The first-order valence-corrected chi connectivity index (χ1v) is 5.83. The molecule has 2 aromatic rings. The van der Waals surface area contributed by atoms with Crippen molar-refractivity contribution in [2.75, 3.05) is 5.32 Å². The largest absolute Gasteiger partial charge is 0.363 e. The van der Waals surface area contributed by atoms with Gasteiger partial charge in [-0.15, -0.1) is 0 Å². The molecule has 0 bridgehead atoms. The molecule has 0 aliphatic rings. The van der Waals surface area contributed by atoms with E-state index in [4.69, 9.17) is 0 Å². The summed E-state index contributed by atoms with van der Waals surface area (Å²) in [5, 5.41) is 7.67. The molecule has 2 rings (SSSR count). The van der Waals surface area contributed by atoms with Gasteiger partial charge in [-0.05, 0) is 20.8 Å². The molecule has 0 fully saturated rings. The van der Waals surface area contributed by atoms with E-state index in [0.717, 1.165) is 18.1 Å². The fraction of sp³-hybridized carbons (Fsp3) is 0.500. The maximum atomic E-state index is 4.36. The zero-order valence-corrected chi connectivity index (χ0v) is 10.8. The van der Waals surface area contributed by atoms with Crippen LogP contribution in [0.15, 0.2) is 18.6 Å². The lowest BCUT2D eigenvalue weighted by molar-refractivity contribution is 0.577. The normalized spacial score (nSPS) is 11.1. The average molecular weight is 233 g/mol. The van der Waals surface area contributed by atoms with Crippen LogP contribution in [-0.4, -0.2) is 19.3 Å². The maximum Gasteiger partial charge on any atom is 0.148 e. The van der Waals surface area contributed by atoms with Crippen molar-refractivity contribution in [3.05, 3.63) is 30.0 Å². The summed E-state index contributed by atoms with van der Waals surface area (Å²) >= 11 is 0. The quantitative estimate of drug-likeness (QED) is 0.880. The van der Waals surface area contributed by atoms with Crippen molar-refractivity contribution >= 4 is 5.82 Å². The Balaban J connectivity index is 2.04. The van der Waals surface area contributed by atoms with Crippen LogP contribution in [0.2, 0.25) is 0 Å². The first kappa shape index (κ1) is 11.7. The van der Waals surface area contributed by atoms with Crippen LogP contribution in [0.4, 0.5) is 5.82 Å². The molecule has 0 atom stereocenters. The lowest BCUT2D eigenvalue weighted by Crippen LogP contribution is -2.09. The third-order valence-electron chi connectivity index (χ3n) is 2.87. The first-order valence-electron chi connectivity index (χ1n) is 5.83. The fourth-order valence-corrected chi connectivity index (χ4v) is 1.76. The van der Waals surface area contributed by atoms with Crippen LogP contribution in [0.5, 0.6) is 0 Å². The highest BCUT2D eigenvalue weighted by molar-refractivity contribution is 5.35. The van der Waals surface area contributed by atoms with Crippen LogP contribution >= 0.6 is 0 Å². The number of aromatic nitrogens is 4. The lowest BCUT2D eigenvalue weighted by atomic mass is 10.3. The van der Waals surface area contributed by atoms with Gasteiger partial charge in [0.1, 0.15) is 5.82 Å². The second-order valence-electron chi connectivity index (χ2n) is 4.53. The van der Waals surface area contributed by atoms with Gasteiger partial charge in [-0.25, -0.2) is 4.98 Å². The van der Waals surface area contributed by atoms with Crippen LogP contribution < -0.4 is 5.32 Å². The van der Waals surface area contributed by atoms with Gasteiger partial charge in [0.05, 0.1) is 18.6 Å².